The molecule has 1 aliphatic rings. The topological polar surface area (TPSA) is 60.0 Å². The molecule has 2 aromatic heterocycles. The van der Waals surface area contributed by atoms with Gasteiger partial charge in [-0.2, -0.15) is 4.98 Å². The van der Waals surface area contributed by atoms with Crippen LogP contribution in [0.25, 0.3) is 11.0 Å². The van der Waals surface area contributed by atoms with Gasteiger partial charge in [0, 0.05) is 19.5 Å². The first kappa shape index (κ1) is 15.3. The predicted molar refractivity (Wildman–Crippen MR) is 86.8 cm³/mol. The summed E-state index contributed by atoms with van der Waals surface area (Å²) >= 11 is 0. The normalized spacial score (nSPS) is 18.7. The lowest BCUT2D eigenvalue weighted by molar-refractivity contribution is 0.226. The fraction of sp³-hybridized carbons (Fsp3) is 0.471. The smallest absolute Gasteiger partial charge is 0.223 e. The van der Waals surface area contributed by atoms with Crippen molar-refractivity contribution in [1.82, 2.24) is 24.6 Å². The quantitative estimate of drug-likeness (QED) is 0.735. The van der Waals surface area contributed by atoms with Crippen LogP contribution in [0, 0.1) is 12.7 Å². The van der Waals surface area contributed by atoms with Crippen molar-refractivity contribution >= 4 is 11.0 Å². The largest absolute Gasteiger partial charge is 0.340 e. The van der Waals surface area contributed by atoms with E-state index in [1.165, 1.54) is 12.1 Å². The lowest BCUT2D eigenvalue weighted by atomic mass is 10.2. The van der Waals surface area contributed by atoms with Crippen LogP contribution in [-0.4, -0.2) is 31.1 Å². The minimum atomic E-state index is -0.254. The van der Waals surface area contributed by atoms with Crippen molar-refractivity contribution in [3.8, 4) is 0 Å². The van der Waals surface area contributed by atoms with Crippen molar-refractivity contribution < 1.29 is 8.91 Å². The van der Waals surface area contributed by atoms with Crippen molar-refractivity contribution in [2.75, 3.05) is 6.54 Å². The number of benzene rings is 1. The summed E-state index contributed by atoms with van der Waals surface area (Å²) in [5.41, 5.74) is 1.68. The van der Waals surface area contributed by atoms with Crippen LogP contribution in [0.15, 0.2) is 22.7 Å². The zero-order valence-electron chi connectivity index (χ0n) is 13.9. The third kappa shape index (κ3) is 2.58. The summed E-state index contributed by atoms with van der Waals surface area (Å²) in [5, 5.41) is 4.08. The Morgan fingerprint density at radius 2 is 2.21 bits per heavy atom. The molecule has 0 amide bonds. The Labute approximate surface area is 139 Å². The highest BCUT2D eigenvalue weighted by atomic mass is 19.1. The molecule has 126 valence electrons. The molecular weight excluding hydrogens is 309 g/mol. The van der Waals surface area contributed by atoms with Crippen molar-refractivity contribution in [2.45, 2.75) is 45.8 Å². The number of halogens is 1. The molecule has 0 saturated carbocycles. The molecule has 0 radical (unpaired) electrons. The van der Waals surface area contributed by atoms with Gasteiger partial charge in [0.2, 0.25) is 5.89 Å². The standard InChI is InChI=1S/C17H20FN5O/c1-3-23-14-7-6-12(18)9-13(14)20-16(23)10-22-8-4-5-15(22)17-19-11(2)24-21-17/h6-7,9,15H,3-5,8,10H2,1-2H3. The summed E-state index contributed by atoms with van der Waals surface area (Å²) in [4.78, 5) is 11.4. The Hall–Kier alpha value is -2.28. The van der Waals surface area contributed by atoms with Gasteiger partial charge in [-0.1, -0.05) is 5.16 Å². The highest BCUT2D eigenvalue weighted by molar-refractivity contribution is 5.76. The number of imidazole rings is 1. The van der Waals surface area contributed by atoms with E-state index >= 15 is 0 Å². The number of aryl methyl sites for hydroxylation is 2. The minimum absolute atomic E-state index is 0.157. The third-order valence-corrected chi connectivity index (χ3v) is 4.66. The van der Waals surface area contributed by atoms with E-state index in [0.717, 1.165) is 43.1 Å². The SMILES string of the molecule is CCn1c(CN2CCCC2c2noc(C)n2)nc2cc(F)ccc21. The van der Waals surface area contributed by atoms with Gasteiger partial charge in [0.15, 0.2) is 5.82 Å². The molecule has 24 heavy (non-hydrogen) atoms. The van der Waals surface area contributed by atoms with Gasteiger partial charge in [-0.3, -0.25) is 4.90 Å². The van der Waals surface area contributed by atoms with Crippen molar-refractivity contribution in [2.24, 2.45) is 0 Å². The van der Waals surface area contributed by atoms with Gasteiger partial charge in [0.1, 0.15) is 11.6 Å². The van der Waals surface area contributed by atoms with Gasteiger partial charge in [0.25, 0.3) is 0 Å². The summed E-state index contributed by atoms with van der Waals surface area (Å²) in [7, 11) is 0. The van der Waals surface area contributed by atoms with Crippen LogP contribution in [-0.2, 0) is 13.1 Å². The van der Waals surface area contributed by atoms with Crippen molar-refractivity contribution in [3.05, 3.63) is 41.6 Å². The molecule has 0 N–H and O–H groups in total. The molecule has 1 saturated heterocycles. The molecule has 1 unspecified atom stereocenters. The van der Waals surface area contributed by atoms with Crippen molar-refractivity contribution in [1.29, 1.82) is 0 Å². The molecule has 1 aromatic carbocycles. The number of rotatable bonds is 4. The number of aromatic nitrogens is 4. The first-order chi connectivity index (χ1) is 11.7. The first-order valence-electron chi connectivity index (χ1n) is 8.34. The van der Waals surface area contributed by atoms with E-state index in [1.807, 2.05) is 0 Å². The average Bonchev–Trinajstić information content (AvgIpc) is 3.25. The molecule has 1 aliphatic heterocycles. The van der Waals surface area contributed by atoms with Crippen LogP contribution < -0.4 is 0 Å². The Balaban J connectivity index is 1.65. The van der Waals surface area contributed by atoms with Gasteiger partial charge in [-0.05, 0) is 38.4 Å². The minimum Gasteiger partial charge on any atom is -0.340 e. The van der Waals surface area contributed by atoms with Gasteiger partial charge in [-0.25, -0.2) is 9.37 Å². The van der Waals surface area contributed by atoms with Crippen LogP contribution in [0.1, 0.15) is 43.3 Å². The van der Waals surface area contributed by atoms with Crippen LogP contribution in [0.5, 0.6) is 0 Å². The fourth-order valence-corrected chi connectivity index (χ4v) is 3.57. The second-order valence-corrected chi connectivity index (χ2v) is 6.21. The molecule has 1 fully saturated rings. The first-order valence-corrected chi connectivity index (χ1v) is 8.34. The Bertz CT molecular complexity index is 871. The summed E-state index contributed by atoms with van der Waals surface area (Å²) in [6, 6.07) is 4.94. The van der Waals surface area contributed by atoms with Crippen LogP contribution >= 0.6 is 0 Å². The fourth-order valence-electron chi connectivity index (χ4n) is 3.57. The molecule has 0 bridgehead atoms. The van der Waals surface area contributed by atoms with Crippen molar-refractivity contribution in [3.63, 3.8) is 0 Å². The maximum Gasteiger partial charge on any atom is 0.223 e. The summed E-state index contributed by atoms with van der Waals surface area (Å²) in [5.74, 6) is 2.03. The molecule has 0 spiro atoms. The lowest BCUT2D eigenvalue weighted by Crippen LogP contribution is -2.25. The Morgan fingerprint density at radius 1 is 1.33 bits per heavy atom. The molecular formula is C17H20FN5O. The van der Waals surface area contributed by atoms with Gasteiger partial charge >= 0.3 is 0 Å². The molecule has 4 rings (SSSR count). The van der Waals surface area contributed by atoms with E-state index in [-0.39, 0.29) is 11.9 Å². The number of fused-ring (bicyclic) bond motifs is 1. The van der Waals surface area contributed by atoms with Gasteiger partial charge in [0.05, 0.1) is 23.6 Å². The van der Waals surface area contributed by atoms with E-state index in [4.69, 9.17) is 4.52 Å². The molecule has 0 aliphatic carbocycles. The van der Waals surface area contributed by atoms with E-state index < -0.39 is 0 Å². The Kier molecular flexibility index (Phi) is 3.80. The second-order valence-electron chi connectivity index (χ2n) is 6.21. The summed E-state index contributed by atoms with van der Waals surface area (Å²) < 4.78 is 20.8. The summed E-state index contributed by atoms with van der Waals surface area (Å²) in [6.45, 7) is 6.36. The Morgan fingerprint density at radius 3 is 2.96 bits per heavy atom. The molecule has 6 nitrogen and oxygen atoms in total. The maximum absolute atomic E-state index is 13.5. The lowest BCUT2D eigenvalue weighted by Gasteiger charge is -2.21. The molecule has 7 heteroatoms. The zero-order valence-corrected chi connectivity index (χ0v) is 13.9. The van der Waals surface area contributed by atoms with E-state index in [1.54, 1.807) is 13.0 Å². The maximum atomic E-state index is 13.5. The van der Waals surface area contributed by atoms with E-state index in [9.17, 15) is 4.39 Å². The number of nitrogens with zero attached hydrogens (tertiary/aromatic N) is 5. The average molecular weight is 329 g/mol. The third-order valence-electron chi connectivity index (χ3n) is 4.66. The number of hydrogen-bond acceptors (Lipinski definition) is 5. The van der Waals surface area contributed by atoms with Crippen LogP contribution in [0.2, 0.25) is 0 Å². The molecule has 3 heterocycles. The molecule has 3 aromatic rings. The second kappa shape index (κ2) is 5.98. The van der Waals surface area contributed by atoms with Gasteiger partial charge in [-0.15, -0.1) is 0 Å². The van der Waals surface area contributed by atoms with E-state index in [0.29, 0.717) is 18.0 Å². The number of likely N-dealkylation sites (tertiary alicyclic amines) is 1. The highest BCUT2D eigenvalue weighted by Crippen LogP contribution is 2.32. The van der Waals surface area contributed by atoms with Crippen LogP contribution in [0.4, 0.5) is 4.39 Å². The molecule has 1 atom stereocenters. The van der Waals surface area contributed by atoms with Gasteiger partial charge < -0.3 is 9.09 Å². The highest BCUT2D eigenvalue weighted by Gasteiger charge is 2.30. The summed E-state index contributed by atoms with van der Waals surface area (Å²) in [6.07, 6.45) is 2.11. The number of hydrogen-bond donors (Lipinski definition) is 0. The van der Waals surface area contributed by atoms with E-state index in [2.05, 4.69) is 31.5 Å². The zero-order chi connectivity index (χ0) is 16.7. The monoisotopic (exact) mass is 329 g/mol. The van der Waals surface area contributed by atoms with Crippen LogP contribution in [0.3, 0.4) is 0 Å². The predicted octanol–water partition coefficient (Wildman–Crippen LogP) is 3.22.